The molecule has 2 aromatic heterocycles. The van der Waals surface area contributed by atoms with Gasteiger partial charge >= 0.3 is 0 Å². The molecule has 0 fully saturated rings. The Labute approximate surface area is 111 Å². The zero-order valence-corrected chi connectivity index (χ0v) is 12.0. The van der Waals surface area contributed by atoms with Gasteiger partial charge in [-0.3, -0.25) is 5.43 Å². The van der Waals surface area contributed by atoms with Gasteiger partial charge in [0.15, 0.2) is 0 Å². The molecule has 0 radical (unpaired) electrons. The lowest BCUT2D eigenvalue weighted by Gasteiger charge is -2.25. The van der Waals surface area contributed by atoms with E-state index >= 15 is 0 Å². The van der Waals surface area contributed by atoms with Gasteiger partial charge < -0.3 is 5.32 Å². The number of hydrogen-bond acceptors (Lipinski definition) is 6. The van der Waals surface area contributed by atoms with Gasteiger partial charge in [0.05, 0.1) is 5.39 Å². The quantitative estimate of drug-likeness (QED) is 0.585. The molecule has 0 atom stereocenters. The molecule has 98 valence electrons. The highest BCUT2D eigenvalue weighted by Gasteiger charge is 2.18. The fourth-order valence-electron chi connectivity index (χ4n) is 1.61. The third kappa shape index (κ3) is 2.54. The number of hydrogen-bond donors (Lipinski definition) is 3. The maximum atomic E-state index is 5.41. The fraction of sp³-hybridized carbons (Fsp3) is 0.500. The number of nitrogens with two attached hydrogens (primary N) is 1. The molecule has 5 nitrogen and oxygen atoms in total. The summed E-state index contributed by atoms with van der Waals surface area (Å²) in [5.74, 6) is 6.70. The second kappa shape index (κ2) is 4.70. The van der Waals surface area contributed by atoms with E-state index in [1.807, 2.05) is 0 Å². The Bertz CT molecular complexity index is 561. The normalized spacial score (nSPS) is 11.8. The molecule has 0 aliphatic heterocycles. The molecule has 0 bridgehead atoms. The van der Waals surface area contributed by atoms with Crippen molar-refractivity contribution in [1.82, 2.24) is 9.97 Å². The van der Waals surface area contributed by atoms with Crippen molar-refractivity contribution in [2.24, 2.45) is 5.84 Å². The SMILES string of the molecule is CCC(C)(C)Nc1nc(NN)nc2sc(C)cc12. The van der Waals surface area contributed by atoms with Gasteiger partial charge in [-0.15, -0.1) is 11.3 Å². The molecule has 2 rings (SSSR count). The molecule has 4 N–H and O–H groups in total. The molecule has 2 aromatic rings. The molecule has 0 aliphatic carbocycles. The van der Waals surface area contributed by atoms with Crippen molar-refractivity contribution >= 4 is 33.3 Å². The maximum Gasteiger partial charge on any atom is 0.240 e. The predicted octanol–water partition coefficient (Wildman–Crippen LogP) is 2.89. The van der Waals surface area contributed by atoms with E-state index in [0.29, 0.717) is 5.95 Å². The monoisotopic (exact) mass is 265 g/mol. The second-order valence-electron chi connectivity index (χ2n) is 4.98. The van der Waals surface area contributed by atoms with E-state index in [4.69, 9.17) is 5.84 Å². The summed E-state index contributed by atoms with van der Waals surface area (Å²) in [6, 6.07) is 2.11. The lowest BCUT2D eigenvalue weighted by Crippen LogP contribution is -2.30. The number of aromatic nitrogens is 2. The van der Waals surface area contributed by atoms with Crippen molar-refractivity contribution in [2.75, 3.05) is 10.7 Å². The van der Waals surface area contributed by atoms with Gasteiger partial charge in [0, 0.05) is 10.4 Å². The summed E-state index contributed by atoms with van der Waals surface area (Å²) in [7, 11) is 0. The van der Waals surface area contributed by atoms with Crippen LogP contribution >= 0.6 is 11.3 Å². The van der Waals surface area contributed by atoms with Crippen molar-refractivity contribution in [1.29, 1.82) is 0 Å². The second-order valence-corrected chi connectivity index (χ2v) is 6.21. The first-order valence-corrected chi connectivity index (χ1v) is 6.80. The van der Waals surface area contributed by atoms with Gasteiger partial charge in [-0.1, -0.05) is 6.92 Å². The first-order chi connectivity index (χ1) is 8.45. The van der Waals surface area contributed by atoms with Crippen LogP contribution in [0.1, 0.15) is 32.1 Å². The first-order valence-electron chi connectivity index (χ1n) is 5.98. The minimum absolute atomic E-state index is 0.0109. The van der Waals surface area contributed by atoms with E-state index in [2.05, 4.69) is 54.5 Å². The van der Waals surface area contributed by atoms with Crippen LogP contribution in [0.2, 0.25) is 0 Å². The van der Waals surface area contributed by atoms with E-state index < -0.39 is 0 Å². The molecule has 0 amide bonds. The number of rotatable bonds is 4. The van der Waals surface area contributed by atoms with Crippen LogP contribution in [-0.4, -0.2) is 15.5 Å². The van der Waals surface area contributed by atoms with Gasteiger partial charge in [0.25, 0.3) is 0 Å². The van der Waals surface area contributed by atoms with Crippen molar-refractivity contribution in [2.45, 2.75) is 39.7 Å². The van der Waals surface area contributed by atoms with E-state index in [-0.39, 0.29) is 5.54 Å². The zero-order chi connectivity index (χ0) is 13.3. The van der Waals surface area contributed by atoms with Crippen molar-refractivity contribution in [3.8, 4) is 0 Å². The van der Waals surface area contributed by atoms with Crippen LogP contribution in [-0.2, 0) is 0 Å². The summed E-state index contributed by atoms with van der Waals surface area (Å²) in [6.45, 7) is 8.51. The Hall–Kier alpha value is -1.40. The number of aryl methyl sites for hydroxylation is 1. The molecule has 0 saturated heterocycles. The Morgan fingerprint density at radius 1 is 1.39 bits per heavy atom. The van der Waals surface area contributed by atoms with Crippen LogP contribution in [0, 0.1) is 6.92 Å². The Morgan fingerprint density at radius 2 is 2.11 bits per heavy atom. The lowest BCUT2D eigenvalue weighted by molar-refractivity contribution is 0.546. The number of nitrogen functional groups attached to an aromatic ring is 1. The van der Waals surface area contributed by atoms with E-state index in [0.717, 1.165) is 22.5 Å². The topological polar surface area (TPSA) is 75.9 Å². The van der Waals surface area contributed by atoms with Crippen LogP contribution in [0.15, 0.2) is 6.07 Å². The molecule has 0 aromatic carbocycles. The number of thiophene rings is 1. The van der Waals surface area contributed by atoms with Crippen LogP contribution in [0.25, 0.3) is 10.2 Å². The predicted molar refractivity (Wildman–Crippen MR) is 78.0 cm³/mol. The molecular formula is C12H19N5S. The molecule has 0 aliphatic rings. The van der Waals surface area contributed by atoms with Crippen molar-refractivity contribution in [3.63, 3.8) is 0 Å². The number of anilines is 2. The Kier molecular flexibility index (Phi) is 3.41. The molecule has 0 spiro atoms. The zero-order valence-electron chi connectivity index (χ0n) is 11.2. The van der Waals surface area contributed by atoms with Crippen LogP contribution in [0.4, 0.5) is 11.8 Å². The van der Waals surface area contributed by atoms with Crippen LogP contribution < -0.4 is 16.6 Å². The average Bonchev–Trinajstić information content (AvgIpc) is 2.69. The highest BCUT2D eigenvalue weighted by atomic mass is 32.1. The van der Waals surface area contributed by atoms with Gasteiger partial charge in [0.2, 0.25) is 5.95 Å². The third-order valence-corrected chi connectivity index (χ3v) is 3.93. The Morgan fingerprint density at radius 3 is 2.72 bits per heavy atom. The summed E-state index contributed by atoms with van der Waals surface area (Å²) in [6.07, 6.45) is 1.01. The Balaban J connectivity index is 2.53. The minimum atomic E-state index is -0.0109. The van der Waals surface area contributed by atoms with Gasteiger partial charge in [0.1, 0.15) is 10.6 Å². The van der Waals surface area contributed by atoms with E-state index in [1.165, 1.54) is 4.88 Å². The van der Waals surface area contributed by atoms with Gasteiger partial charge in [-0.05, 0) is 33.3 Å². The number of fused-ring (bicyclic) bond motifs is 1. The summed E-state index contributed by atoms with van der Waals surface area (Å²) >= 11 is 1.64. The third-order valence-electron chi connectivity index (χ3n) is 2.99. The van der Waals surface area contributed by atoms with Gasteiger partial charge in [-0.2, -0.15) is 4.98 Å². The molecule has 2 heterocycles. The number of hydrazine groups is 1. The summed E-state index contributed by atoms with van der Waals surface area (Å²) in [4.78, 5) is 10.9. The smallest absolute Gasteiger partial charge is 0.240 e. The number of nitrogens with zero attached hydrogens (tertiary/aromatic N) is 2. The number of nitrogens with one attached hydrogen (secondary N) is 2. The van der Waals surface area contributed by atoms with Gasteiger partial charge in [-0.25, -0.2) is 10.8 Å². The largest absolute Gasteiger partial charge is 0.364 e. The average molecular weight is 265 g/mol. The lowest BCUT2D eigenvalue weighted by atomic mass is 10.0. The summed E-state index contributed by atoms with van der Waals surface area (Å²) in [5, 5.41) is 4.51. The highest BCUT2D eigenvalue weighted by Crippen LogP contribution is 2.31. The summed E-state index contributed by atoms with van der Waals surface area (Å²) in [5.41, 5.74) is 2.51. The molecular weight excluding hydrogens is 246 g/mol. The summed E-state index contributed by atoms with van der Waals surface area (Å²) < 4.78 is 0. The molecule has 6 heteroatoms. The van der Waals surface area contributed by atoms with Crippen molar-refractivity contribution in [3.05, 3.63) is 10.9 Å². The van der Waals surface area contributed by atoms with Crippen molar-refractivity contribution < 1.29 is 0 Å². The molecule has 0 unspecified atom stereocenters. The highest BCUT2D eigenvalue weighted by molar-refractivity contribution is 7.18. The van der Waals surface area contributed by atoms with Crippen LogP contribution in [0.3, 0.4) is 0 Å². The standard InChI is InChI=1S/C12H19N5S/c1-5-12(3,4)16-9-8-6-7(2)18-10(8)15-11(14-9)17-13/h6H,5,13H2,1-4H3,(H2,14,15,16,17). The minimum Gasteiger partial charge on any atom is -0.364 e. The first kappa shape index (κ1) is 13.0. The fourth-order valence-corrected chi connectivity index (χ4v) is 2.49. The maximum absolute atomic E-state index is 5.41. The van der Waals surface area contributed by atoms with E-state index in [9.17, 15) is 0 Å². The van der Waals surface area contributed by atoms with E-state index in [1.54, 1.807) is 11.3 Å². The molecule has 18 heavy (non-hydrogen) atoms. The molecule has 0 saturated carbocycles. The van der Waals surface area contributed by atoms with Crippen LogP contribution in [0.5, 0.6) is 0 Å².